The molecule has 5 nitrogen and oxygen atoms in total. The first-order valence-electron chi connectivity index (χ1n) is 8.70. The largest absolute Gasteiger partial charge is 0.495 e. The number of benzene rings is 1. The van der Waals surface area contributed by atoms with E-state index in [2.05, 4.69) is 29.0 Å². The lowest BCUT2D eigenvalue weighted by molar-refractivity contribution is 0.416. The van der Waals surface area contributed by atoms with Crippen LogP contribution in [0, 0.1) is 13.8 Å². The van der Waals surface area contributed by atoms with Crippen molar-refractivity contribution >= 4 is 29.1 Å². The van der Waals surface area contributed by atoms with Crippen LogP contribution in [0.4, 0.5) is 17.5 Å². The number of nitrogens with one attached hydrogen (secondary N) is 1. The Morgan fingerprint density at radius 1 is 1.08 bits per heavy atom. The first-order valence-corrected chi connectivity index (χ1v) is 9.08. The maximum atomic E-state index is 6.19. The van der Waals surface area contributed by atoms with Gasteiger partial charge < -0.3 is 15.0 Å². The lowest BCUT2D eigenvalue weighted by Gasteiger charge is -2.22. The highest BCUT2D eigenvalue weighted by Gasteiger charge is 2.12. The molecule has 0 amide bonds. The van der Waals surface area contributed by atoms with Gasteiger partial charge in [-0.15, -0.1) is 0 Å². The quantitative estimate of drug-likeness (QED) is 0.705. The van der Waals surface area contributed by atoms with Gasteiger partial charge in [0.05, 0.1) is 12.8 Å². The van der Waals surface area contributed by atoms with Gasteiger partial charge in [0.1, 0.15) is 11.6 Å². The van der Waals surface area contributed by atoms with E-state index in [-0.39, 0.29) is 0 Å². The molecule has 25 heavy (non-hydrogen) atoms. The standard InChI is InChI=1S/C19H27ClN4O/c1-6-8-24(9-7-2)19-21-14(4)11-18(23-19)22-16-10-13(3)15(20)12-17(16)25-5/h10-12H,6-9H2,1-5H3,(H,21,22,23). The van der Waals surface area contributed by atoms with Crippen molar-refractivity contribution in [1.29, 1.82) is 0 Å². The minimum atomic E-state index is 0.680. The van der Waals surface area contributed by atoms with Crippen molar-refractivity contribution in [2.75, 3.05) is 30.4 Å². The van der Waals surface area contributed by atoms with Crippen molar-refractivity contribution in [3.05, 3.63) is 34.5 Å². The van der Waals surface area contributed by atoms with Crippen molar-refractivity contribution in [3.8, 4) is 5.75 Å². The molecule has 0 saturated heterocycles. The maximum absolute atomic E-state index is 6.19. The van der Waals surface area contributed by atoms with Gasteiger partial charge in [-0.3, -0.25) is 0 Å². The van der Waals surface area contributed by atoms with Crippen LogP contribution in [0.3, 0.4) is 0 Å². The summed E-state index contributed by atoms with van der Waals surface area (Å²) in [7, 11) is 1.63. The third-order valence-electron chi connectivity index (χ3n) is 3.86. The molecule has 2 rings (SSSR count). The number of aryl methyl sites for hydroxylation is 2. The van der Waals surface area contributed by atoms with Crippen molar-refractivity contribution in [3.63, 3.8) is 0 Å². The summed E-state index contributed by atoms with van der Waals surface area (Å²) in [5, 5.41) is 4.03. The fourth-order valence-corrected chi connectivity index (χ4v) is 2.83. The Balaban J connectivity index is 2.36. The molecular formula is C19H27ClN4O. The number of rotatable bonds is 8. The first-order chi connectivity index (χ1) is 12.0. The summed E-state index contributed by atoms with van der Waals surface area (Å²) in [5.41, 5.74) is 2.75. The van der Waals surface area contributed by atoms with Crippen LogP contribution in [0.5, 0.6) is 5.75 Å². The summed E-state index contributed by atoms with van der Waals surface area (Å²) in [6, 6.07) is 5.71. The molecule has 0 atom stereocenters. The average molecular weight is 363 g/mol. The van der Waals surface area contributed by atoms with Crippen molar-refractivity contribution in [1.82, 2.24) is 9.97 Å². The summed E-state index contributed by atoms with van der Waals surface area (Å²) >= 11 is 6.19. The molecular weight excluding hydrogens is 336 g/mol. The smallest absolute Gasteiger partial charge is 0.227 e. The summed E-state index contributed by atoms with van der Waals surface area (Å²) in [4.78, 5) is 11.5. The second-order valence-corrected chi connectivity index (χ2v) is 6.52. The zero-order chi connectivity index (χ0) is 18.4. The molecule has 1 N–H and O–H groups in total. The predicted molar refractivity (Wildman–Crippen MR) is 106 cm³/mol. The number of methoxy groups -OCH3 is 1. The van der Waals surface area contributed by atoms with E-state index < -0.39 is 0 Å². The van der Waals surface area contributed by atoms with Gasteiger partial charge in [0, 0.05) is 35.9 Å². The van der Waals surface area contributed by atoms with E-state index in [9.17, 15) is 0 Å². The van der Waals surface area contributed by atoms with E-state index in [1.54, 1.807) is 7.11 Å². The maximum Gasteiger partial charge on any atom is 0.227 e. The van der Waals surface area contributed by atoms with E-state index in [4.69, 9.17) is 21.3 Å². The Morgan fingerprint density at radius 2 is 1.76 bits per heavy atom. The number of nitrogens with zero attached hydrogens (tertiary/aromatic N) is 3. The Bertz CT molecular complexity index is 715. The molecule has 0 aliphatic carbocycles. The Labute approximate surface area is 155 Å². The van der Waals surface area contributed by atoms with Gasteiger partial charge >= 0.3 is 0 Å². The number of halogens is 1. The van der Waals surface area contributed by atoms with Crippen LogP contribution in [0.1, 0.15) is 37.9 Å². The fraction of sp³-hybridized carbons (Fsp3) is 0.474. The summed E-state index contributed by atoms with van der Waals surface area (Å²) in [6.07, 6.45) is 2.12. The lowest BCUT2D eigenvalue weighted by Crippen LogP contribution is -2.27. The third kappa shape index (κ3) is 4.98. The SMILES string of the molecule is CCCN(CCC)c1nc(C)cc(Nc2cc(C)c(Cl)cc2OC)n1. The fourth-order valence-electron chi connectivity index (χ4n) is 2.68. The van der Waals surface area contributed by atoms with Crippen LogP contribution in [0.15, 0.2) is 18.2 Å². The number of hydrogen-bond donors (Lipinski definition) is 1. The molecule has 1 aromatic heterocycles. The summed E-state index contributed by atoms with van der Waals surface area (Å²) in [6.45, 7) is 10.2. The van der Waals surface area contributed by atoms with Crippen molar-refractivity contribution in [2.45, 2.75) is 40.5 Å². The van der Waals surface area contributed by atoms with Crippen LogP contribution < -0.4 is 15.0 Å². The monoisotopic (exact) mass is 362 g/mol. The van der Waals surface area contributed by atoms with Crippen LogP contribution in [-0.4, -0.2) is 30.2 Å². The molecule has 0 unspecified atom stereocenters. The van der Waals surface area contributed by atoms with E-state index in [1.165, 1.54) is 0 Å². The third-order valence-corrected chi connectivity index (χ3v) is 4.26. The second-order valence-electron chi connectivity index (χ2n) is 6.11. The summed E-state index contributed by atoms with van der Waals surface area (Å²) < 4.78 is 5.44. The number of ether oxygens (including phenoxy) is 1. The van der Waals surface area contributed by atoms with Crippen molar-refractivity contribution < 1.29 is 4.74 Å². The summed E-state index contributed by atoms with van der Waals surface area (Å²) in [5.74, 6) is 2.20. The second kappa shape index (κ2) is 8.90. The topological polar surface area (TPSA) is 50.3 Å². The van der Waals surface area contributed by atoms with Crippen LogP contribution in [-0.2, 0) is 0 Å². The molecule has 0 spiro atoms. The van der Waals surface area contributed by atoms with Gasteiger partial charge in [0.15, 0.2) is 0 Å². The van der Waals surface area contributed by atoms with Gasteiger partial charge in [-0.1, -0.05) is 25.4 Å². The number of anilines is 3. The molecule has 0 radical (unpaired) electrons. The highest BCUT2D eigenvalue weighted by Crippen LogP contribution is 2.33. The molecule has 0 saturated carbocycles. The van der Waals surface area contributed by atoms with Crippen molar-refractivity contribution in [2.24, 2.45) is 0 Å². The van der Waals surface area contributed by atoms with Gasteiger partial charge in [0.25, 0.3) is 0 Å². The number of hydrogen-bond acceptors (Lipinski definition) is 5. The molecule has 0 bridgehead atoms. The normalized spacial score (nSPS) is 10.6. The van der Waals surface area contributed by atoms with Crippen LogP contribution in [0.25, 0.3) is 0 Å². The van der Waals surface area contributed by atoms with Crippen LogP contribution in [0.2, 0.25) is 5.02 Å². The number of aromatic nitrogens is 2. The Kier molecular flexibility index (Phi) is 6.88. The van der Waals surface area contributed by atoms with E-state index in [0.717, 1.165) is 54.6 Å². The molecule has 6 heteroatoms. The minimum Gasteiger partial charge on any atom is -0.495 e. The Morgan fingerprint density at radius 3 is 2.36 bits per heavy atom. The molecule has 136 valence electrons. The molecule has 2 aromatic rings. The minimum absolute atomic E-state index is 0.680. The zero-order valence-corrected chi connectivity index (χ0v) is 16.4. The predicted octanol–water partition coefficient (Wildman–Crippen LogP) is 5.13. The zero-order valence-electron chi connectivity index (χ0n) is 15.7. The highest BCUT2D eigenvalue weighted by atomic mass is 35.5. The lowest BCUT2D eigenvalue weighted by atomic mass is 10.2. The van der Waals surface area contributed by atoms with E-state index in [0.29, 0.717) is 10.8 Å². The molecule has 0 fully saturated rings. The van der Waals surface area contributed by atoms with Gasteiger partial charge in [0.2, 0.25) is 5.95 Å². The molecule has 0 aliphatic rings. The molecule has 1 heterocycles. The van der Waals surface area contributed by atoms with E-state index >= 15 is 0 Å². The Hall–Kier alpha value is -2.01. The van der Waals surface area contributed by atoms with Gasteiger partial charge in [-0.05, 0) is 38.3 Å². The first kappa shape index (κ1) is 19.3. The van der Waals surface area contributed by atoms with Crippen LogP contribution >= 0.6 is 11.6 Å². The van der Waals surface area contributed by atoms with E-state index in [1.807, 2.05) is 32.0 Å². The van der Waals surface area contributed by atoms with Gasteiger partial charge in [-0.25, -0.2) is 4.98 Å². The van der Waals surface area contributed by atoms with Gasteiger partial charge in [-0.2, -0.15) is 4.98 Å². The molecule has 0 aliphatic heterocycles. The molecule has 1 aromatic carbocycles. The average Bonchev–Trinajstić information content (AvgIpc) is 2.57. The highest BCUT2D eigenvalue weighted by molar-refractivity contribution is 6.31.